The van der Waals surface area contributed by atoms with Gasteiger partial charge in [-0.3, -0.25) is 4.90 Å². The number of alkyl halides is 3. The minimum Gasteiger partial charge on any atom is -0.396 e. The summed E-state index contributed by atoms with van der Waals surface area (Å²) in [6.07, 6.45) is -3.86. The van der Waals surface area contributed by atoms with Gasteiger partial charge in [0.05, 0.1) is 5.56 Å². The summed E-state index contributed by atoms with van der Waals surface area (Å²) < 4.78 is 53.0. The van der Waals surface area contributed by atoms with E-state index < -0.39 is 23.6 Å². The van der Waals surface area contributed by atoms with Crippen LogP contribution in [-0.4, -0.2) is 42.8 Å². The topological polar surface area (TPSA) is 35.5 Å². The van der Waals surface area contributed by atoms with Crippen LogP contribution in [0.4, 0.5) is 17.6 Å². The average Bonchev–Trinajstić information content (AvgIpc) is 2.49. The van der Waals surface area contributed by atoms with Gasteiger partial charge in [0.15, 0.2) is 0 Å². The van der Waals surface area contributed by atoms with Crippen molar-refractivity contribution < 1.29 is 22.7 Å². The second-order valence-electron chi connectivity index (χ2n) is 5.37. The van der Waals surface area contributed by atoms with Crippen molar-refractivity contribution in [2.45, 2.75) is 25.1 Å². The third-order valence-corrected chi connectivity index (χ3v) is 3.92. The number of rotatable bonds is 5. The van der Waals surface area contributed by atoms with Crippen LogP contribution < -0.4 is 5.32 Å². The van der Waals surface area contributed by atoms with E-state index in [0.29, 0.717) is 25.9 Å². The molecule has 0 spiro atoms. The Balaban J connectivity index is 2.34. The minimum absolute atomic E-state index is 0.0603. The first kappa shape index (κ1) is 17.2. The molecule has 2 N–H and O–H groups in total. The quantitative estimate of drug-likeness (QED) is 0.819. The smallest absolute Gasteiger partial charge is 0.396 e. The van der Waals surface area contributed by atoms with E-state index in [4.69, 9.17) is 5.11 Å². The molecule has 1 fully saturated rings. The fourth-order valence-electron chi connectivity index (χ4n) is 2.84. The molecule has 3 nitrogen and oxygen atoms in total. The van der Waals surface area contributed by atoms with Gasteiger partial charge in [0.25, 0.3) is 0 Å². The molecule has 2 rings (SSSR count). The van der Waals surface area contributed by atoms with Crippen LogP contribution in [0, 0.1) is 5.82 Å². The van der Waals surface area contributed by atoms with Crippen LogP contribution in [-0.2, 0) is 6.18 Å². The molecule has 1 aromatic rings. The van der Waals surface area contributed by atoms with E-state index in [1.165, 1.54) is 12.1 Å². The first-order chi connectivity index (χ1) is 10.4. The molecule has 0 bridgehead atoms. The summed E-state index contributed by atoms with van der Waals surface area (Å²) in [7, 11) is 0. The number of nitrogens with zero attached hydrogens (tertiary/aromatic N) is 1. The highest BCUT2D eigenvalue weighted by molar-refractivity contribution is 5.30. The van der Waals surface area contributed by atoms with Crippen LogP contribution in [0.1, 0.15) is 30.0 Å². The number of hydrogen-bond acceptors (Lipinski definition) is 3. The van der Waals surface area contributed by atoms with Crippen LogP contribution in [0.25, 0.3) is 0 Å². The molecule has 0 aliphatic carbocycles. The maximum Gasteiger partial charge on any atom is 0.419 e. The fourth-order valence-corrected chi connectivity index (χ4v) is 2.84. The van der Waals surface area contributed by atoms with E-state index in [2.05, 4.69) is 5.32 Å². The van der Waals surface area contributed by atoms with Gasteiger partial charge in [-0.25, -0.2) is 4.39 Å². The van der Waals surface area contributed by atoms with Crippen LogP contribution >= 0.6 is 0 Å². The molecule has 1 aliphatic rings. The highest BCUT2D eigenvalue weighted by Crippen LogP contribution is 2.36. The van der Waals surface area contributed by atoms with Crippen molar-refractivity contribution in [3.63, 3.8) is 0 Å². The number of halogens is 4. The zero-order chi connectivity index (χ0) is 16.2. The van der Waals surface area contributed by atoms with Crippen LogP contribution in [0.2, 0.25) is 0 Å². The van der Waals surface area contributed by atoms with Gasteiger partial charge in [-0.15, -0.1) is 0 Å². The molecule has 1 atom stereocenters. The minimum atomic E-state index is -4.70. The van der Waals surface area contributed by atoms with Gasteiger partial charge >= 0.3 is 6.18 Å². The summed E-state index contributed by atoms with van der Waals surface area (Å²) in [5.74, 6) is -1.20. The van der Waals surface area contributed by atoms with Crippen molar-refractivity contribution in [2.24, 2.45) is 0 Å². The number of benzene rings is 1. The van der Waals surface area contributed by atoms with Crippen molar-refractivity contribution in [3.05, 3.63) is 35.1 Å². The molecule has 7 heteroatoms. The standard InChI is InChI=1S/C15H20F4N2O/c16-14-11(3-1-4-12(14)15(17,18)19)13(5-2-10-22)21-8-6-20-7-9-21/h1,3-4,13,20,22H,2,5-10H2/t13-/m1/s1. The zero-order valence-corrected chi connectivity index (χ0v) is 12.2. The Kier molecular flexibility index (Phi) is 5.77. The van der Waals surface area contributed by atoms with Gasteiger partial charge in [0.2, 0.25) is 0 Å². The van der Waals surface area contributed by atoms with E-state index in [-0.39, 0.29) is 12.2 Å². The van der Waals surface area contributed by atoms with Crippen molar-refractivity contribution >= 4 is 0 Å². The lowest BCUT2D eigenvalue weighted by Gasteiger charge is -2.35. The third kappa shape index (κ3) is 3.97. The lowest BCUT2D eigenvalue weighted by atomic mass is 9.96. The Hall–Kier alpha value is -1.18. The van der Waals surface area contributed by atoms with Gasteiger partial charge < -0.3 is 10.4 Å². The lowest BCUT2D eigenvalue weighted by Crippen LogP contribution is -2.45. The second-order valence-corrected chi connectivity index (χ2v) is 5.37. The molecule has 1 heterocycles. The molecule has 124 valence electrons. The summed E-state index contributed by atoms with van der Waals surface area (Å²) in [4.78, 5) is 1.98. The molecule has 0 amide bonds. The third-order valence-electron chi connectivity index (χ3n) is 3.92. The van der Waals surface area contributed by atoms with Crippen LogP contribution in [0.5, 0.6) is 0 Å². The molecule has 1 saturated heterocycles. The first-order valence-corrected chi connectivity index (χ1v) is 7.36. The number of hydrogen-bond donors (Lipinski definition) is 2. The molecular weight excluding hydrogens is 300 g/mol. The maximum absolute atomic E-state index is 14.4. The Bertz CT molecular complexity index is 487. The monoisotopic (exact) mass is 320 g/mol. The lowest BCUT2D eigenvalue weighted by molar-refractivity contribution is -0.140. The molecular formula is C15H20F4N2O. The number of nitrogens with one attached hydrogen (secondary N) is 1. The number of piperazine rings is 1. The van der Waals surface area contributed by atoms with E-state index in [1.54, 1.807) is 0 Å². The van der Waals surface area contributed by atoms with Gasteiger partial charge in [-0.1, -0.05) is 12.1 Å². The van der Waals surface area contributed by atoms with Gasteiger partial charge in [-0.2, -0.15) is 13.2 Å². The fraction of sp³-hybridized carbons (Fsp3) is 0.600. The highest BCUT2D eigenvalue weighted by atomic mass is 19.4. The molecule has 0 saturated carbocycles. The van der Waals surface area contributed by atoms with Gasteiger partial charge in [0, 0.05) is 44.4 Å². The summed E-state index contributed by atoms with van der Waals surface area (Å²) >= 11 is 0. The predicted octanol–water partition coefficient (Wildman–Crippen LogP) is 2.56. The molecule has 0 unspecified atom stereocenters. The van der Waals surface area contributed by atoms with Gasteiger partial charge in [0.1, 0.15) is 5.82 Å². The van der Waals surface area contributed by atoms with Crippen LogP contribution in [0.15, 0.2) is 18.2 Å². The molecule has 0 radical (unpaired) electrons. The largest absolute Gasteiger partial charge is 0.419 e. The summed E-state index contributed by atoms with van der Waals surface area (Å²) in [5, 5.41) is 12.2. The number of aliphatic hydroxyl groups excluding tert-OH is 1. The Morgan fingerprint density at radius 1 is 1.23 bits per heavy atom. The summed E-state index contributed by atoms with van der Waals surface area (Å²) in [6.45, 7) is 2.66. The van der Waals surface area contributed by atoms with Crippen molar-refractivity contribution in [1.29, 1.82) is 0 Å². The van der Waals surface area contributed by atoms with Crippen molar-refractivity contribution in [1.82, 2.24) is 10.2 Å². The van der Waals surface area contributed by atoms with E-state index in [9.17, 15) is 17.6 Å². The van der Waals surface area contributed by atoms with Crippen molar-refractivity contribution in [3.8, 4) is 0 Å². The maximum atomic E-state index is 14.4. The van der Waals surface area contributed by atoms with E-state index in [1.807, 2.05) is 4.90 Å². The van der Waals surface area contributed by atoms with Crippen LogP contribution in [0.3, 0.4) is 0 Å². The Morgan fingerprint density at radius 2 is 1.91 bits per heavy atom. The van der Waals surface area contributed by atoms with Gasteiger partial charge in [-0.05, 0) is 18.9 Å². The average molecular weight is 320 g/mol. The SMILES string of the molecule is OCCC[C@H](c1cccc(C(F)(F)F)c1F)N1CCNCC1. The van der Waals surface area contributed by atoms with Crippen molar-refractivity contribution in [2.75, 3.05) is 32.8 Å². The molecule has 1 aliphatic heterocycles. The normalized spacial score (nSPS) is 18.4. The zero-order valence-electron chi connectivity index (χ0n) is 12.2. The molecule has 0 aromatic heterocycles. The van der Waals surface area contributed by atoms with E-state index in [0.717, 1.165) is 19.2 Å². The number of aliphatic hydroxyl groups is 1. The molecule has 1 aromatic carbocycles. The highest BCUT2D eigenvalue weighted by Gasteiger charge is 2.36. The Labute approximate surface area is 126 Å². The van der Waals surface area contributed by atoms with E-state index >= 15 is 0 Å². The predicted molar refractivity (Wildman–Crippen MR) is 74.9 cm³/mol. The summed E-state index contributed by atoms with van der Waals surface area (Å²) in [5.41, 5.74) is -1.17. The first-order valence-electron chi connectivity index (χ1n) is 7.36. The summed E-state index contributed by atoms with van der Waals surface area (Å²) in [6, 6.07) is 2.97. The molecule has 22 heavy (non-hydrogen) atoms. The Morgan fingerprint density at radius 3 is 2.50 bits per heavy atom. The second kappa shape index (κ2) is 7.39.